The summed E-state index contributed by atoms with van der Waals surface area (Å²) in [7, 11) is 0. The number of thioether (sulfide) groups is 1. The summed E-state index contributed by atoms with van der Waals surface area (Å²) in [5.41, 5.74) is 0.175. The minimum Gasteiger partial charge on any atom is -0.454 e. The highest BCUT2D eigenvalue weighted by Gasteiger charge is 2.23. The first kappa shape index (κ1) is 24.6. The van der Waals surface area contributed by atoms with Crippen LogP contribution in [0.25, 0.3) is 0 Å². The number of nitrogens with one attached hydrogen (secondary N) is 2. The van der Waals surface area contributed by atoms with Gasteiger partial charge in [0, 0.05) is 16.6 Å². The maximum Gasteiger partial charge on any atom is 0.339 e. The highest BCUT2D eigenvalue weighted by molar-refractivity contribution is 8.00. The largest absolute Gasteiger partial charge is 0.454 e. The fourth-order valence-corrected chi connectivity index (χ4v) is 4.33. The van der Waals surface area contributed by atoms with Gasteiger partial charge in [-0.25, -0.2) is 4.79 Å². The van der Waals surface area contributed by atoms with Crippen LogP contribution in [0.5, 0.6) is 0 Å². The van der Waals surface area contributed by atoms with Crippen molar-refractivity contribution in [2.75, 3.05) is 12.4 Å². The summed E-state index contributed by atoms with van der Waals surface area (Å²) < 4.78 is 5.07. The zero-order chi connectivity index (χ0) is 22.6. The molecule has 2 rings (SSSR count). The summed E-state index contributed by atoms with van der Waals surface area (Å²) in [4.78, 5) is 37.4. The van der Waals surface area contributed by atoms with Crippen LogP contribution in [0.3, 0.4) is 0 Å². The molecule has 8 heteroatoms. The number of carbonyl (C=O) groups is 3. The van der Waals surface area contributed by atoms with Crippen LogP contribution in [-0.4, -0.2) is 41.8 Å². The Labute approximate surface area is 187 Å². The molecule has 31 heavy (non-hydrogen) atoms. The standard InChI is InChI=1S/C23H29N3O4S/c1-16(25)19(13-24)20(27)14-30-23(29)18-11-7-8-12-21(18)31-15-22(28)26-17-9-5-3-2-4-6-10-17/h7-8,11-12,17,19,25H,2-6,9-10,14-15H2,1H3,(H,26,28). The van der Waals surface area contributed by atoms with Crippen LogP contribution in [-0.2, 0) is 14.3 Å². The van der Waals surface area contributed by atoms with Crippen molar-refractivity contribution in [1.82, 2.24) is 5.32 Å². The minimum atomic E-state index is -1.21. The molecular weight excluding hydrogens is 414 g/mol. The Morgan fingerprint density at radius 1 is 1.19 bits per heavy atom. The van der Waals surface area contributed by atoms with Gasteiger partial charge in [-0.05, 0) is 31.9 Å². The summed E-state index contributed by atoms with van der Waals surface area (Å²) in [5, 5.41) is 19.5. The van der Waals surface area contributed by atoms with E-state index in [9.17, 15) is 14.4 Å². The molecule has 1 aliphatic carbocycles. The topological polar surface area (TPSA) is 120 Å². The lowest BCUT2D eigenvalue weighted by Crippen LogP contribution is -2.36. The van der Waals surface area contributed by atoms with Crippen molar-refractivity contribution < 1.29 is 19.1 Å². The van der Waals surface area contributed by atoms with Crippen molar-refractivity contribution >= 4 is 35.1 Å². The first-order chi connectivity index (χ1) is 14.9. The fourth-order valence-electron chi connectivity index (χ4n) is 3.48. The van der Waals surface area contributed by atoms with Gasteiger partial charge in [-0.2, -0.15) is 5.26 Å². The van der Waals surface area contributed by atoms with E-state index in [1.807, 2.05) is 0 Å². The molecule has 2 N–H and O–H groups in total. The maximum atomic E-state index is 12.5. The molecule has 0 bridgehead atoms. The van der Waals surface area contributed by atoms with E-state index in [0.717, 1.165) is 25.7 Å². The highest BCUT2D eigenvalue weighted by atomic mass is 32.2. The number of carbonyl (C=O) groups excluding carboxylic acids is 3. The maximum absolute atomic E-state index is 12.5. The smallest absolute Gasteiger partial charge is 0.339 e. The molecule has 1 atom stereocenters. The molecular formula is C23H29N3O4S. The number of rotatable bonds is 9. The lowest BCUT2D eigenvalue weighted by Gasteiger charge is -2.21. The lowest BCUT2D eigenvalue weighted by molar-refractivity contribution is -0.123. The van der Waals surface area contributed by atoms with E-state index in [4.69, 9.17) is 15.4 Å². The molecule has 1 amide bonds. The number of ketones is 1. The van der Waals surface area contributed by atoms with Crippen molar-refractivity contribution in [2.24, 2.45) is 5.92 Å². The lowest BCUT2D eigenvalue weighted by atomic mass is 9.97. The molecule has 1 aromatic carbocycles. The van der Waals surface area contributed by atoms with E-state index in [1.165, 1.54) is 37.9 Å². The van der Waals surface area contributed by atoms with Crippen LogP contribution in [0, 0.1) is 22.7 Å². The number of hydrogen-bond donors (Lipinski definition) is 2. The molecule has 0 aliphatic heterocycles. The second kappa shape index (κ2) is 12.9. The number of benzene rings is 1. The zero-order valence-electron chi connectivity index (χ0n) is 17.8. The molecule has 166 valence electrons. The number of ether oxygens (including phenoxy) is 1. The summed E-state index contributed by atoms with van der Waals surface area (Å²) in [6.45, 7) is 0.787. The van der Waals surface area contributed by atoms with E-state index in [0.29, 0.717) is 4.90 Å². The molecule has 1 unspecified atom stereocenters. The fraction of sp³-hybridized carbons (Fsp3) is 0.522. The minimum absolute atomic E-state index is 0.0627. The molecule has 0 aromatic heterocycles. The van der Waals surface area contributed by atoms with E-state index in [1.54, 1.807) is 30.3 Å². The summed E-state index contributed by atoms with van der Waals surface area (Å²) in [5.74, 6) is -2.42. The van der Waals surface area contributed by atoms with Crippen LogP contribution in [0.4, 0.5) is 0 Å². The highest BCUT2D eigenvalue weighted by Crippen LogP contribution is 2.24. The average Bonchev–Trinajstić information content (AvgIpc) is 2.72. The van der Waals surface area contributed by atoms with Gasteiger partial charge in [0.05, 0.1) is 17.4 Å². The zero-order valence-corrected chi connectivity index (χ0v) is 18.6. The van der Waals surface area contributed by atoms with Crippen molar-refractivity contribution in [1.29, 1.82) is 10.7 Å². The number of nitrogens with zero attached hydrogens (tertiary/aromatic N) is 1. The molecule has 0 spiro atoms. The second-order valence-corrected chi connectivity index (χ2v) is 8.70. The Morgan fingerprint density at radius 3 is 2.48 bits per heavy atom. The molecule has 0 heterocycles. The first-order valence-corrected chi connectivity index (χ1v) is 11.6. The number of amides is 1. The van der Waals surface area contributed by atoms with Gasteiger partial charge in [0.25, 0.3) is 0 Å². The molecule has 1 fully saturated rings. The van der Waals surface area contributed by atoms with Gasteiger partial charge in [0.2, 0.25) is 5.91 Å². The van der Waals surface area contributed by atoms with Crippen molar-refractivity contribution in [3.05, 3.63) is 29.8 Å². The van der Waals surface area contributed by atoms with Crippen molar-refractivity contribution in [3.63, 3.8) is 0 Å². The first-order valence-electron chi connectivity index (χ1n) is 10.6. The van der Waals surface area contributed by atoms with Crippen molar-refractivity contribution in [2.45, 2.75) is 62.8 Å². The van der Waals surface area contributed by atoms with Gasteiger partial charge in [0.1, 0.15) is 5.92 Å². The van der Waals surface area contributed by atoms with Crippen molar-refractivity contribution in [3.8, 4) is 6.07 Å². The Kier molecular flexibility index (Phi) is 10.2. The Hall–Kier alpha value is -2.66. The van der Waals surface area contributed by atoms with Gasteiger partial charge in [0.15, 0.2) is 12.4 Å². The van der Waals surface area contributed by atoms with Crippen LogP contribution in [0.2, 0.25) is 0 Å². The normalized spacial score (nSPS) is 15.6. The van der Waals surface area contributed by atoms with E-state index in [-0.39, 0.29) is 29.0 Å². The number of Topliss-reactive ketones (excluding diaryl/α,β-unsaturated/α-hetero) is 1. The SMILES string of the molecule is CC(=N)C(C#N)C(=O)COC(=O)c1ccccc1SCC(=O)NC1CCCCCCC1. The summed E-state index contributed by atoms with van der Waals surface area (Å²) >= 11 is 1.25. The molecule has 1 aliphatic rings. The van der Waals surface area contributed by atoms with Gasteiger partial charge in [-0.3, -0.25) is 9.59 Å². The van der Waals surface area contributed by atoms with Crippen LogP contribution >= 0.6 is 11.8 Å². The third-order valence-electron chi connectivity index (χ3n) is 5.17. The Bertz CT molecular complexity index is 841. The van der Waals surface area contributed by atoms with Gasteiger partial charge >= 0.3 is 5.97 Å². The van der Waals surface area contributed by atoms with E-state index >= 15 is 0 Å². The molecule has 7 nitrogen and oxygen atoms in total. The number of esters is 1. The molecule has 1 saturated carbocycles. The second-order valence-electron chi connectivity index (χ2n) is 7.68. The monoisotopic (exact) mass is 443 g/mol. The quantitative estimate of drug-likeness (QED) is 0.339. The predicted octanol–water partition coefficient (Wildman–Crippen LogP) is 3.91. The van der Waals surface area contributed by atoms with E-state index < -0.39 is 24.3 Å². The van der Waals surface area contributed by atoms with E-state index in [2.05, 4.69) is 5.32 Å². The van der Waals surface area contributed by atoms with Crippen LogP contribution < -0.4 is 5.32 Å². The molecule has 1 aromatic rings. The molecule has 0 radical (unpaired) electrons. The summed E-state index contributed by atoms with van der Waals surface area (Å²) in [6.07, 6.45) is 7.98. The third kappa shape index (κ3) is 8.18. The Morgan fingerprint density at radius 2 is 1.84 bits per heavy atom. The Balaban J connectivity index is 1.90. The predicted molar refractivity (Wildman–Crippen MR) is 119 cm³/mol. The van der Waals surface area contributed by atoms with Gasteiger partial charge in [-0.15, -0.1) is 11.8 Å². The average molecular weight is 444 g/mol. The summed E-state index contributed by atoms with van der Waals surface area (Å²) in [6, 6.07) is 8.69. The number of hydrogen-bond acceptors (Lipinski definition) is 7. The number of nitriles is 1. The van der Waals surface area contributed by atoms with Crippen LogP contribution in [0.1, 0.15) is 62.2 Å². The molecule has 0 saturated heterocycles. The van der Waals surface area contributed by atoms with Crippen LogP contribution in [0.15, 0.2) is 29.2 Å². The van der Waals surface area contributed by atoms with Gasteiger partial charge in [-0.1, -0.05) is 44.2 Å². The third-order valence-corrected chi connectivity index (χ3v) is 6.24. The van der Waals surface area contributed by atoms with Gasteiger partial charge < -0.3 is 15.5 Å².